The van der Waals surface area contributed by atoms with Gasteiger partial charge in [0.15, 0.2) is 0 Å². The van der Waals surface area contributed by atoms with Gasteiger partial charge in [0.05, 0.1) is 19.6 Å². The maximum Gasteiger partial charge on any atom is 0.311 e. The predicted molar refractivity (Wildman–Crippen MR) is 98.5 cm³/mol. The van der Waals surface area contributed by atoms with E-state index >= 15 is 0 Å². The number of methoxy groups -OCH3 is 1. The van der Waals surface area contributed by atoms with E-state index in [1.54, 1.807) is 7.11 Å². The zero-order valence-corrected chi connectivity index (χ0v) is 14.9. The van der Waals surface area contributed by atoms with Crippen molar-refractivity contribution in [2.24, 2.45) is 0 Å². The molecule has 0 radical (unpaired) electrons. The molecule has 2 aromatic rings. The van der Waals surface area contributed by atoms with Crippen molar-refractivity contribution in [3.8, 4) is 11.5 Å². The molecule has 1 unspecified atom stereocenters. The molecule has 0 heterocycles. The highest BCUT2D eigenvalue weighted by Crippen LogP contribution is 2.30. The van der Waals surface area contributed by atoms with Crippen LogP contribution in [0.1, 0.15) is 43.2 Å². The third-order valence-corrected chi connectivity index (χ3v) is 4.20. The van der Waals surface area contributed by atoms with Crippen LogP contribution >= 0.6 is 0 Å². The van der Waals surface area contributed by atoms with Gasteiger partial charge in [-0.15, -0.1) is 0 Å². The van der Waals surface area contributed by atoms with Crippen molar-refractivity contribution in [2.75, 3.05) is 13.7 Å². The second-order valence-electron chi connectivity index (χ2n) is 6.03. The summed E-state index contributed by atoms with van der Waals surface area (Å²) in [7, 11) is 1.61. The van der Waals surface area contributed by atoms with Gasteiger partial charge in [-0.25, -0.2) is 0 Å². The Morgan fingerprint density at radius 1 is 1.12 bits per heavy atom. The standard InChI is InChI=1S/C21H26O4/c1-3-4-8-13-25-20-15-18(24-2)12-11-17(20)14-19(21(22)23)16-9-6-5-7-10-16/h5-7,9-12,15,19H,3-4,8,13-14H2,1-2H3,(H,22,23). The molecule has 0 saturated carbocycles. The van der Waals surface area contributed by atoms with Crippen LogP contribution in [0.25, 0.3) is 0 Å². The second-order valence-corrected chi connectivity index (χ2v) is 6.03. The first kappa shape index (κ1) is 18.8. The van der Waals surface area contributed by atoms with E-state index in [0.717, 1.165) is 30.4 Å². The van der Waals surface area contributed by atoms with E-state index < -0.39 is 11.9 Å². The van der Waals surface area contributed by atoms with Crippen LogP contribution in [0, 0.1) is 0 Å². The minimum Gasteiger partial charge on any atom is -0.497 e. The molecule has 0 aliphatic carbocycles. The van der Waals surface area contributed by atoms with Gasteiger partial charge >= 0.3 is 5.97 Å². The lowest BCUT2D eigenvalue weighted by Gasteiger charge is -2.17. The van der Waals surface area contributed by atoms with E-state index in [0.29, 0.717) is 24.5 Å². The van der Waals surface area contributed by atoms with E-state index in [4.69, 9.17) is 9.47 Å². The van der Waals surface area contributed by atoms with Crippen LogP contribution in [0.5, 0.6) is 11.5 Å². The van der Waals surface area contributed by atoms with Gasteiger partial charge < -0.3 is 14.6 Å². The van der Waals surface area contributed by atoms with Crippen molar-refractivity contribution in [2.45, 2.75) is 38.5 Å². The number of benzene rings is 2. The molecule has 2 aromatic carbocycles. The summed E-state index contributed by atoms with van der Waals surface area (Å²) in [4.78, 5) is 11.8. The van der Waals surface area contributed by atoms with E-state index in [2.05, 4.69) is 6.92 Å². The normalized spacial score (nSPS) is 11.8. The van der Waals surface area contributed by atoms with Crippen LogP contribution in [0.2, 0.25) is 0 Å². The molecule has 0 aromatic heterocycles. The number of carboxylic acid groups (broad SMARTS) is 1. The molecule has 0 spiro atoms. The number of ether oxygens (including phenoxy) is 2. The van der Waals surface area contributed by atoms with Gasteiger partial charge in [-0.2, -0.15) is 0 Å². The summed E-state index contributed by atoms with van der Waals surface area (Å²) in [6.45, 7) is 2.77. The molecule has 1 atom stereocenters. The third kappa shape index (κ3) is 5.52. The first-order valence-electron chi connectivity index (χ1n) is 8.73. The smallest absolute Gasteiger partial charge is 0.311 e. The number of hydrogen-bond donors (Lipinski definition) is 1. The van der Waals surface area contributed by atoms with Crippen LogP contribution in [-0.2, 0) is 11.2 Å². The monoisotopic (exact) mass is 342 g/mol. The van der Waals surface area contributed by atoms with Crippen LogP contribution in [-0.4, -0.2) is 24.8 Å². The lowest BCUT2D eigenvalue weighted by atomic mass is 9.91. The highest BCUT2D eigenvalue weighted by molar-refractivity contribution is 5.76. The van der Waals surface area contributed by atoms with Crippen LogP contribution in [0.3, 0.4) is 0 Å². The summed E-state index contributed by atoms with van der Waals surface area (Å²) in [6, 6.07) is 14.9. The molecule has 0 saturated heterocycles. The van der Waals surface area contributed by atoms with Crippen LogP contribution < -0.4 is 9.47 Å². The number of carboxylic acids is 1. The Bertz CT molecular complexity index is 667. The van der Waals surface area contributed by atoms with Crippen molar-refractivity contribution in [1.82, 2.24) is 0 Å². The summed E-state index contributed by atoms with van der Waals surface area (Å²) < 4.78 is 11.2. The number of unbranched alkanes of at least 4 members (excludes halogenated alkanes) is 2. The quantitative estimate of drug-likeness (QED) is 0.637. The average molecular weight is 342 g/mol. The third-order valence-electron chi connectivity index (χ3n) is 4.20. The number of aliphatic carboxylic acids is 1. The fourth-order valence-corrected chi connectivity index (χ4v) is 2.75. The molecule has 0 amide bonds. The van der Waals surface area contributed by atoms with Crippen molar-refractivity contribution in [3.05, 3.63) is 59.7 Å². The van der Waals surface area contributed by atoms with Gasteiger partial charge in [0.1, 0.15) is 11.5 Å². The zero-order valence-electron chi connectivity index (χ0n) is 14.9. The molecule has 1 N–H and O–H groups in total. The fourth-order valence-electron chi connectivity index (χ4n) is 2.75. The summed E-state index contributed by atoms with van der Waals surface area (Å²) in [5, 5.41) is 9.66. The fraction of sp³-hybridized carbons (Fsp3) is 0.381. The van der Waals surface area contributed by atoms with Gasteiger partial charge in [-0.05, 0) is 30.0 Å². The second kappa shape index (κ2) is 9.72. The molecule has 0 fully saturated rings. The molecule has 134 valence electrons. The van der Waals surface area contributed by atoms with Gasteiger partial charge in [-0.3, -0.25) is 4.79 Å². The average Bonchev–Trinajstić information content (AvgIpc) is 2.64. The summed E-state index contributed by atoms with van der Waals surface area (Å²) in [5.74, 6) is -0.0231. The van der Waals surface area contributed by atoms with Gasteiger partial charge in [-0.1, -0.05) is 56.2 Å². The predicted octanol–water partition coefficient (Wildman–Crippen LogP) is 4.68. The van der Waals surface area contributed by atoms with Gasteiger partial charge in [0, 0.05) is 6.07 Å². The maximum absolute atomic E-state index is 11.8. The highest BCUT2D eigenvalue weighted by atomic mass is 16.5. The minimum absolute atomic E-state index is 0.381. The van der Waals surface area contributed by atoms with Crippen LogP contribution in [0.4, 0.5) is 0 Å². The Hall–Kier alpha value is -2.49. The topological polar surface area (TPSA) is 55.8 Å². The van der Waals surface area contributed by atoms with Crippen molar-refractivity contribution in [3.63, 3.8) is 0 Å². The van der Waals surface area contributed by atoms with E-state index in [1.165, 1.54) is 0 Å². The molecule has 2 rings (SSSR count). The first-order valence-corrected chi connectivity index (χ1v) is 8.73. The van der Waals surface area contributed by atoms with Crippen molar-refractivity contribution in [1.29, 1.82) is 0 Å². The molecule has 4 nitrogen and oxygen atoms in total. The lowest BCUT2D eigenvalue weighted by molar-refractivity contribution is -0.138. The highest BCUT2D eigenvalue weighted by Gasteiger charge is 2.22. The molecule has 0 bridgehead atoms. The number of hydrogen-bond acceptors (Lipinski definition) is 3. The lowest BCUT2D eigenvalue weighted by Crippen LogP contribution is -2.15. The molecular formula is C21H26O4. The van der Waals surface area contributed by atoms with E-state index in [9.17, 15) is 9.90 Å². The minimum atomic E-state index is -0.834. The molecular weight excluding hydrogens is 316 g/mol. The van der Waals surface area contributed by atoms with Crippen molar-refractivity contribution < 1.29 is 19.4 Å². The number of rotatable bonds is 10. The van der Waals surface area contributed by atoms with Gasteiger partial charge in [0.25, 0.3) is 0 Å². The largest absolute Gasteiger partial charge is 0.497 e. The van der Waals surface area contributed by atoms with Crippen molar-refractivity contribution >= 4 is 5.97 Å². The molecule has 0 aliphatic heterocycles. The molecule has 4 heteroatoms. The molecule has 25 heavy (non-hydrogen) atoms. The molecule has 0 aliphatic rings. The van der Waals surface area contributed by atoms with Crippen LogP contribution in [0.15, 0.2) is 48.5 Å². The SMILES string of the molecule is CCCCCOc1cc(OC)ccc1CC(C(=O)O)c1ccccc1. The Kier molecular flexibility index (Phi) is 7.33. The Morgan fingerprint density at radius 2 is 1.88 bits per heavy atom. The Balaban J connectivity index is 2.22. The first-order chi connectivity index (χ1) is 12.2. The van der Waals surface area contributed by atoms with E-state index in [1.807, 2.05) is 48.5 Å². The summed E-state index contributed by atoms with van der Waals surface area (Å²) in [5.41, 5.74) is 1.68. The Labute approximate surface area is 149 Å². The van der Waals surface area contributed by atoms with Gasteiger partial charge in [0.2, 0.25) is 0 Å². The Morgan fingerprint density at radius 3 is 2.52 bits per heavy atom. The summed E-state index contributed by atoms with van der Waals surface area (Å²) >= 11 is 0. The maximum atomic E-state index is 11.8. The van der Waals surface area contributed by atoms with E-state index in [-0.39, 0.29) is 0 Å². The summed E-state index contributed by atoms with van der Waals surface area (Å²) in [6.07, 6.45) is 3.60. The zero-order chi connectivity index (χ0) is 18.1. The number of carbonyl (C=O) groups is 1.